The van der Waals surface area contributed by atoms with E-state index in [1.54, 1.807) is 54.9 Å². The van der Waals surface area contributed by atoms with Crippen molar-refractivity contribution in [3.8, 4) is 0 Å². The monoisotopic (exact) mass is 451 g/mol. The minimum Gasteiger partial charge on any atom is -0.321 e. The third-order valence-electron chi connectivity index (χ3n) is 4.88. The van der Waals surface area contributed by atoms with Gasteiger partial charge < -0.3 is 5.32 Å². The Morgan fingerprint density at radius 1 is 1.00 bits per heavy atom. The highest BCUT2D eigenvalue weighted by atomic mass is 35.5. The van der Waals surface area contributed by atoms with Gasteiger partial charge in [-0.25, -0.2) is 8.42 Å². The highest BCUT2D eigenvalue weighted by Crippen LogP contribution is 2.29. The van der Waals surface area contributed by atoms with Crippen molar-refractivity contribution in [1.82, 2.24) is 4.98 Å². The van der Waals surface area contributed by atoms with E-state index in [0.29, 0.717) is 11.4 Å². The lowest BCUT2D eigenvalue weighted by Crippen LogP contribution is -2.27. The quantitative estimate of drug-likeness (QED) is 0.464. The number of aromatic nitrogens is 1. The van der Waals surface area contributed by atoms with E-state index in [4.69, 9.17) is 11.6 Å². The molecule has 0 aliphatic rings. The minimum atomic E-state index is -3.97. The molecule has 1 N–H and O–H groups in total. The third kappa shape index (κ3) is 4.10. The number of hydrogen-bond donors (Lipinski definition) is 1. The van der Waals surface area contributed by atoms with Crippen LogP contribution in [0.15, 0.2) is 90.1 Å². The van der Waals surface area contributed by atoms with E-state index in [0.717, 1.165) is 15.1 Å². The van der Waals surface area contributed by atoms with Crippen LogP contribution in [0.5, 0.6) is 0 Å². The Labute approximate surface area is 185 Å². The molecule has 0 saturated carbocycles. The van der Waals surface area contributed by atoms with Crippen molar-refractivity contribution >= 4 is 49.7 Å². The predicted molar refractivity (Wildman–Crippen MR) is 123 cm³/mol. The molecule has 31 heavy (non-hydrogen) atoms. The molecule has 3 aromatic carbocycles. The maximum atomic E-state index is 13.2. The van der Waals surface area contributed by atoms with E-state index >= 15 is 0 Å². The van der Waals surface area contributed by atoms with Crippen LogP contribution in [0.25, 0.3) is 10.8 Å². The second-order valence-corrected chi connectivity index (χ2v) is 9.15. The molecule has 156 valence electrons. The second-order valence-electron chi connectivity index (χ2n) is 6.81. The summed E-state index contributed by atoms with van der Waals surface area (Å²) in [5, 5.41) is 4.59. The van der Waals surface area contributed by atoms with Crippen LogP contribution in [0.1, 0.15) is 10.4 Å². The van der Waals surface area contributed by atoms with Gasteiger partial charge >= 0.3 is 0 Å². The summed E-state index contributed by atoms with van der Waals surface area (Å²) in [6.07, 6.45) is 3.35. The molecular formula is C23H18ClN3O3S. The lowest BCUT2D eigenvalue weighted by atomic mass is 10.1. The average Bonchev–Trinajstić information content (AvgIpc) is 2.79. The number of para-hydroxylation sites is 1. The summed E-state index contributed by atoms with van der Waals surface area (Å²) in [4.78, 5) is 16.8. The van der Waals surface area contributed by atoms with Gasteiger partial charge in [-0.3, -0.25) is 14.1 Å². The van der Waals surface area contributed by atoms with Crippen molar-refractivity contribution in [3.05, 3.63) is 95.8 Å². The van der Waals surface area contributed by atoms with Crippen LogP contribution < -0.4 is 9.62 Å². The van der Waals surface area contributed by atoms with Crippen molar-refractivity contribution in [3.63, 3.8) is 0 Å². The first-order valence-electron chi connectivity index (χ1n) is 9.35. The standard InChI is InChI=1S/C23H18ClN3O3S/c1-27(18-7-3-2-4-8-18)31(29,30)22-14-16(10-11-20(22)24)23(28)26-21-9-5-6-17-15-25-13-12-19(17)21/h2-15H,1H3,(H,26,28). The number of carbonyl (C=O) groups is 1. The Morgan fingerprint density at radius 3 is 2.55 bits per heavy atom. The van der Waals surface area contributed by atoms with Gasteiger partial charge in [0.1, 0.15) is 4.90 Å². The molecule has 1 heterocycles. The fraction of sp³-hybridized carbons (Fsp3) is 0.0435. The first kappa shape index (κ1) is 20.8. The molecule has 0 saturated heterocycles. The molecule has 0 spiro atoms. The molecule has 0 atom stereocenters. The molecule has 0 aliphatic heterocycles. The zero-order valence-corrected chi connectivity index (χ0v) is 18.1. The normalized spacial score (nSPS) is 11.3. The van der Waals surface area contributed by atoms with Gasteiger partial charge in [0.15, 0.2) is 0 Å². The number of halogens is 1. The molecule has 4 rings (SSSR count). The number of benzene rings is 3. The summed E-state index contributed by atoms with van der Waals surface area (Å²) in [5.41, 5.74) is 1.26. The first-order valence-corrected chi connectivity index (χ1v) is 11.2. The topological polar surface area (TPSA) is 79.4 Å². The van der Waals surface area contributed by atoms with Crippen LogP contribution in [0.3, 0.4) is 0 Å². The van der Waals surface area contributed by atoms with E-state index < -0.39 is 15.9 Å². The van der Waals surface area contributed by atoms with E-state index in [2.05, 4.69) is 10.3 Å². The number of fused-ring (bicyclic) bond motifs is 1. The van der Waals surface area contributed by atoms with Crippen molar-refractivity contribution in [1.29, 1.82) is 0 Å². The van der Waals surface area contributed by atoms with Crippen LogP contribution in [-0.4, -0.2) is 26.4 Å². The molecule has 0 fully saturated rings. The Balaban J connectivity index is 1.68. The van der Waals surface area contributed by atoms with Crippen molar-refractivity contribution in [2.45, 2.75) is 4.90 Å². The Hall–Kier alpha value is -3.42. The maximum absolute atomic E-state index is 13.2. The molecule has 8 heteroatoms. The average molecular weight is 452 g/mol. The van der Waals surface area contributed by atoms with Gasteiger partial charge in [0, 0.05) is 41.5 Å². The van der Waals surface area contributed by atoms with Crippen LogP contribution >= 0.6 is 11.6 Å². The number of rotatable bonds is 5. The van der Waals surface area contributed by atoms with Gasteiger partial charge in [-0.2, -0.15) is 0 Å². The number of anilines is 2. The molecule has 0 radical (unpaired) electrons. The van der Waals surface area contributed by atoms with Gasteiger partial charge in [-0.1, -0.05) is 41.9 Å². The first-order chi connectivity index (χ1) is 14.9. The van der Waals surface area contributed by atoms with Crippen LogP contribution in [0.2, 0.25) is 5.02 Å². The van der Waals surface area contributed by atoms with Crippen molar-refractivity contribution in [2.24, 2.45) is 0 Å². The van der Waals surface area contributed by atoms with Gasteiger partial charge in [-0.05, 0) is 42.5 Å². The number of nitrogens with one attached hydrogen (secondary N) is 1. The molecule has 0 aliphatic carbocycles. The maximum Gasteiger partial charge on any atom is 0.265 e. The SMILES string of the molecule is CN(c1ccccc1)S(=O)(=O)c1cc(C(=O)Nc2cccc3cnccc23)ccc1Cl. The summed E-state index contributed by atoms with van der Waals surface area (Å²) in [6, 6.07) is 20.1. The fourth-order valence-corrected chi connectivity index (χ4v) is 4.89. The van der Waals surface area contributed by atoms with Crippen molar-refractivity contribution in [2.75, 3.05) is 16.7 Å². The van der Waals surface area contributed by atoms with E-state index in [1.807, 2.05) is 12.1 Å². The molecule has 6 nitrogen and oxygen atoms in total. The molecule has 1 amide bonds. The minimum absolute atomic E-state index is 0.0376. The summed E-state index contributed by atoms with van der Waals surface area (Å²) >= 11 is 6.21. The molecule has 4 aromatic rings. The molecule has 1 aromatic heterocycles. The van der Waals surface area contributed by atoms with Gasteiger partial charge in [0.05, 0.1) is 10.7 Å². The number of hydrogen-bond acceptors (Lipinski definition) is 4. The van der Waals surface area contributed by atoms with E-state index in [9.17, 15) is 13.2 Å². The van der Waals surface area contributed by atoms with Gasteiger partial charge in [0.2, 0.25) is 0 Å². The molecule has 0 unspecified atom stereocenters. The second kappa shape index (κ2) is 8.37. The number of sulfonamides is 1. The Bertz CT molecular complexity index is 1370. The van der Waals surface area contributed by atoms with Crippen LogP contribution in [0.4, 0.5) is 11.4 Å². The number of amides is 1. The third-order valence-corrected chi connectivity index (χ3v) is 7.15. The number of pyridine rings is 1. The summed E-state index contributed by atoms with van der Waals surface area (Å²) in [6.45, 7) is 0. The Kier molecular flexibility index (Phi) is 5.63. The lowest BCUT2D eigenvalue weighted by molar-refractivity contribution is 0.102. The summed E-state index contributed by atoms with van der Waals surface area (Å²) in [7, 11) is -2.53. The molecule has 0 bridgehead atoms. The molecular weight excluding hydrogens is 434 g/mol. The van der Waals surface area contributed by atoms with Gasteiger partial charge in [0.25, 0.3) is 15.9 Å². The largest absolute Gasteiger partial charge is 0.321 e. The summed E-state index contributed by atoms with van der Waals surface area (Å²) < 4.78 is 27.5. The predicted octanol–water partition coefficient (Wildman–Crippen LogP) is 4.97. The number of carbonyl (C=O) groups excluding carboxylic acids is 1. The zero-order chi connectivity index (χ0) is 22.0. The highest BCUT2D eigenvalue weighted by Gasteiger charge is 2.25. The smallest absolute Gasteiger partial charge is 0.265 e. The Morgan fingerprint density at radius 2 is 1.77 bits per heavy atom. The van der Waals surface area contributed by atoms with Crippen molar-refractivity contribution < 1.29 is 13.2 Å². The van der Waals surface area contributed by atoms with E-state index in [1.165, 1.54) is 25.2 Å². The van der Waals surface area contributed by atoms with E-state index in [-0.39, 0.29) is 15.5 Å². The lowest BCUT2D eigenvalue weighted by Gasteiger charge is -2.20. The number of nitrogens with zero attached hydrogens (tertiary/aromatic N) is 2. The van der Waals surface area contributed by atoms with Crippen LogP contribution in [-0.2, 0) is 10.0 Å². The summed E-state index contributed by atoms with van der Waals surface area (Å²) in [5.74, 6) is -0.445. The van der Waals surface area contributed by atoms with Gasteiger partial charge in [-0.15, -0.1) is 0 Å². The highest BCUT2D eigenvalue weighted by molar-refractivity contribution is 7.93. The zero-order valence-electron chi connectivity index (χ0n) is 16.5. The fourth-order valence-electron chi connectivity index (χ4n) is 3.19. The van der Waals surface area contributed by atoms with Crippen LogP contribution in [0, 0.1) is 0 Å².